The highest BCUT2D eigenvalue weighted by atomic mass is 28.3. The third-order valence-electron chi connectivity index (χ3n) is 15.9. The second kappa shape index (κ2) is 17.7. The lowest BCUT2D eigenvalue weighted by Gasteiger charge is -2.32. The van der Waals surface area contributed by atoms with Crippen molar-refractivity contribution in [3.05, 3.63) is 254 Å². The largest absolute Gasteiger partial charge is 0.458 e. The Labute approximate surface area is 474 Å². The van der Waals surface area contributed by atoms with Gasteiger partial charge in [0.2, 0.25) is 0 Å². The van der Waals surface area contributed by atoms with E-state index >= 15 is 0 Å². The zero-order valence-electron chi connectivity index (χ0n) is 54.0. The van der Waals surface area contributed by atoms with Gasteiger partial charge in [0.05, 0.1) is 63.9 Å². The lowest BCUT2D eigenvalue weighted by molar-refractivity contribution is -0.571. The number of pyridine rings is 1. The smallest absolute Gasteiger partial charge is 0.269 e. The van der Waals surface area contributed by atoms with Crippen LogP contribution in [0.15, 0.2) is 243 Å². The minimum Gasteiger partial charge on any atom is -0.458 e. The lowest BCUT2D eigenvalue weighted by Crippen LogP contribution is -2.57. The van der Waals surface area contributed by atoms with Gasteiger partial charge in [0.15, 0.2) is 0 Å². The minimum atomic E-state index is -2.58. The number of aromatic nitrogens is 5. The number of nitrogens with zero attached hydrogens (tertiary/aromatic N) is 5. The van der Waals surface area contributed by atoms with Crippen LogP contribution in [0.3, 0.4) is 0 Å². The van der Waals surface area contributed by atoms with E-state index in [9.17, 15) is 5.48 Å². The summed E-state index contributed by atoms with van der Waals surface area (Å²) in [5.41, 5.74) is 10.9. The van der Waals surface area contributed by atoms with Gasteiger partial charge in [-0.1, -0.05) is 203 Å². The average molecular weight is 1040 g/mol. The van der Waals surface area contributed by atoms with E-state index in [1.807, 2.05) is 41.1 Å². The third-order valence-corrected chi connectivity index (χ3v) is 19.4. The van der Waals surface area contributed by atoms with Crippen LogP contribution < -0.4 is 19.7 Å². The van der Waals surface area contributed by atoms with Gasteiger partial charge in [0.1, 0.15) is 25.4 Å². The maximum Gasteiger partial charge on any atom is 0.269 e. The van der Waals surface area contributed by atoms with E-state index in [2.05, 4.69) is 177 Å². The Balaban J connectivity index is 0.923. The molecule has 0 spiro atoms. The summed E-state index contributed by atoms with van der Waals surface area (Å²) in [7, 11) is -2.58. The molecule has 0 fully saturated rings. The summed E-state index contributed by atoms with van der Waals surface area (Å²) in [6, 6.07) is 54.6. The van der Waals surface area contributed by atoms with E-state index in [4.69, 9.17) is 17.9 Å². The van der Waals surface area contributed by atoms with Crippen molar-refractivity contribution < 1.29 is 23.0 Å². The molecule has 6 nitrogen and oxygen atoms in total. The van der Waals surface area contributed by atoms with Crippen molar-refractivity contribution in [2.75, 3.05) is 0 Å². The molecule has 0 saturated heterocycles. The van der Waals surface area contributed by atoms with Crippen molar-refractivity contribution in [3.63, 3.8) is 0 Å². The van der Waals surface area contributed by atoms with Gasteiger partial charge in [-0.3, -0.25) is 13.7 Å². The Morgan fingerprint density at radius 1 is 0.519 bits per heavy atom. The fourth-order valence-electron chi connectivity index (χ4n) is 12.2. The molecule has 0 amide bonds. The molecule has 5 heterocycles. The molecule has 4 aromatic heterocycles. The molecule has 0 saturated carbocycles. The first kappa shape index (κ1) is 37.3. The van der Waals surface area contributed by atoms with Crippen LogP contribution in [-0.4, -0.2) is 26.8 Å². The second-order valence-corrected chi connectivity index (χ2v) is 26.1. The molecule has 79 heavy (non-hydrogen) atoms. The molecule has 0 N–H and O–H groups in total. The molecule has 0 unspecified atom stereocenters. The van der Waals surface area contributed by atoms with E-state index in [1.54, 1.807) is 22.8 Å². The summed E-state index contributed by atoms with van der Waals surface area (Å²) in [5, 5.41) is 6.61. The van der Waals surface area contributed by atoms with Crippen molar-refractivity contribution in [2.45, 2.75) is 39.3 Å². The molecular formula is C72H55N5OSi. The monoisotopic (exact) mass is 1040 g/mol. The van der Waals surface area contributed by atoms with E-state index in [0.717, 1.165) is 82.6 Å². The normalized spacial score (nSPS) is 14.7. The van der Waals surface area contributed by atoms with Gasteiger partial charge in [-0.25, -0.2) is 4.98 Å². The topological polar surface area (TPSA) is 40.8 Å². The van der Waals surface area contributed by atoms with Gasteiger partial charge in [-0.15, -0.1) is 0 Å². The third kappa shape index (κ3) is 7.30. The molecule has 0 bridgehead atoms. The molecule has 378 valence electrons. The van der Waals surface area contributed by atoms with Crippen LogP contribution in [0.1, 0.15) is 40.0 Å². The Morgan fingerprint density at radius 2 is 1.13 bits per heavy atom. The van der Waals surface area contributed by atoms with Crippen molar-refractivity contribution in [3.8, 4) is 67.8 Å². The summed E-state index contributed by atoms with van der Waals surface area (Å²) in [4.78, 5) is 5.07. The minimum absolute atomic E-state index is 0.118. The van der Waals surface area contributed by atoms with Gasteiger partial charge in [0, 0.05) is 39.4 Å². The van der Waals surface area contributed by atoms with E-state index in [-0.39, 0.29) is 33.4 Å². The van der Waals surface area contributed by atoms with Crippen LogP contribution in [-0.2, 0) is 5.41 Å². The van der Waals surface area contributed by atoms with Crippen molar-refractivity contribution in [1.82, 2.24) is 18.7 Å². The molecule has 0 atom stereocenters. The molecule has 0 radical (unpaired) electrons. The number of imidazole rings is 1. The van der Waals surface area contributed by atoms with Gasteiger partial charge in [-0.05, 0) is 110 Å². The average Bonchev–Trinajstić information content (AvgIpc) is 1.80. The first-order valence-corrected chi connectivity index (χ1v) is 29.5. The first-order chi connectivity index (χ1) is 42.7. The standard InChI is InChI=1S/C72H55N5OSi/c1-72(2,3)49-41-42-73-68(43-49)77-62-34-19-30-57(56-27-14-17-33-61(56)76-59-31-15-12-25-54(59)55-26-13-16-32-60(55)76)69(62)58-39-37-50(44-64(58)77)78-51-38-40-66-65(45-51)75-46-74(63-35-20-36-67(71(63)75)79(66,4)5)70-52(47-21-8-6-9-22-47)28-18-29-53(70)48-23-10-7-11-24-48/h6-45H,1-5H3/i6D,7D,8D,9D,10D,11D,21D,22D,23D,24D. The Bertz CT molecular complexity index is 5210. The highest BCUT2D eigenvalue weighted by Crippen LogP contribution is 2.44. The number of hydrogen-bond acceptors (Lipinski definition) is 2. The van der Waals surface area contributed by atoms with Crippen LogP contribution in [0, 0.1) is 6.33 Å². The van der Waals surface area contributed by atoms with Crippen LogP contribution in [0.4, 0.5) is 0 Å². The number of ether oxygens (including phenoxy) is 1. The zero-order valence-corrected chi connectivity index (χ0v) is 45.0. The maximum absolute atomic E-state index is 9.21. The first-order valence-electron chi connectivity index (χ1n) is 31.5. The highest BCUT2D eigenvalue weighted by Gasteiger charge is 2.37. The summed E-state index contributed by atoms with van der Waals surface area (Å²) >= 11 is 0. The molecule has 15 rings (SSSR count). The van der Waals surface area contributed by atoms with Crippen molar-refractivity contribution >= 4 is 73.1 Å². The summed E-state index contributed by atoms with van der Waals surface area (Å²) in [5.74, 6) is 1.90. The number of benzene rings is 10. The van der Waals surface area contributed by atoms with Gasteiger partial charge in [0.25, 0.3) is 6.33 Å². The molecule has 0 aliphatic carbocycles. The van der Waals surface area contributed by atoms with E-state index in [0.29, 0.717) is 17.0 Å². The number of rotatable bonds is 8. The van der Waals surface area contributed by atoms with E-state index in [1.165, 1.54) is 10.8 Å². The van der Waals surface area contributed by atoms with Crippen LogP contribution >= 0.6 is 0 Å². The van der Waals surface area contributed by atoms with Gasteiger partial charge < -0.3 is 9.30 Å². The van der Waals surface area contributed by atoms with Crippen LogP contribution in [0.2, 0.25) is 13.1 Å². The number of para-hydroxylation sites is 5. The van der Waals surface area contributed by atoms with Crippen LogP contribution in [0.5, 0.6) is 11.5 Å². The number of hydrogen-bond donors (Lipinski definition) is 0. The molecule has 1 aliphatic heterocycles. The second-order valence-electron chi connectivity index (χ2n) is 21.8. The lowest BCUT2D eigenvalue weighted by atomic mass is 9.88. The zero-order chi connectivity index (χ0) is 61.9. The SMILES string of the molecule is [2H]c1c([2H])c([2H])c(-c2cccc(-c3c([2H])c([2H])c([2H])c([2H])c3[2H])c2-[n+]2[c-]n3c4c(cccc42)[Si](C)(C)c2ccc(Oc4ccc5c6c(-c7ccccc7-n7c8ccccc8c8ccccc87)cccc6n(-c6cc(C(C)(C)C)ccn6)c5c4)cc2-3)c([2H])c1[2H]. The van der Waals surface area contributed by atoms with Crippen molar-refractivity contribution in [1.29, 1.82) is 0 Å². The predicted molar refractivity (Wildman–Crippen MR) is 328 cm³/mol. The Hall–Kier alpha value is -9.56. The van der Waals surface area contributed by atoms with E-state index < -0.39 is 68.5 Å². The fraction of sp³-hybridized carbons (Fsp3) is 0.0833. The molecule has 1 aliphatic rings. The fourth-order valence-corrected chi connectivity index (χ4v) is 15.2. The summed E-state index contributed by atoms with van der Waals surface area (Å²) < 4.78 is 104. The Kier molecular flexibility index (Phi) is 8.37. The van der Waals surface area contributed by atoms with Crippen molar-refractivity contribution in [2.24, 2.45) is 0 Å². The molecule has 10 aromatic carbocycles. The Morgan fingerprint density at radius 3 is 1.85 bits per heavy atom. The summed E-state index contributed by atoms with van der Waals surface area (Å²) in [6.07, 6.45) is 5.51. The maximum atomic E-state index is 9.21. The summed E-state index contributed by atoms with van der Waals surface area (Å²) in [6.45, 7) is 11.2. The molecule has 7 heteroatoms. The highest BCUT2D eigenvalue weighted by molar-refractivity contribution is 7.02. The number of fused-ring (bicyclic) bond motifs is 8. The van der Waals surface area contributed by atoms with Crippen LogP contribution in [0.25, 0.3) is 111 Å². The molecule has 14 aromatic rings. The van der Waals surface area contributed by atoms with Gasteiger partial charge in [-0.2, -0.15) is 0 Å². The van der Waals surface area contributed by atoms with Gasteiger partial charge >= 0.3 is 0 Å². The molecular weight excluding hydrogens is 979 g/mol. The predicted octanol–water partition coefficient (Wildman–Crippen LogP) is 16.5. The quantitative estimate of drug-likeness (QED) is 0.0864.